The number of carbonyl (C=O) groups excluding carboxylic acids is 1. The predicted octanol–water partition coefficient (Wildman–Crippen LogP) is 5.72. The minimum atomic E-state index is -3.61. The molecule has 35 heavy (non-hydrogen) atoms. The summed E-state index contributed by atoms with van der Waals surface area (Å²) in [6.45, 7) is 4.76. The van der Waals surface area contributed by atoms with E-state index in [0.717, 1.165) is 35.0 Å². The first-order chi connectivity index (χ1) is 16.8. The molecule has 184 valence electrons. The summed E-state index contributed by atoms with van der Waals surface area (Å²) in [4.78, 5) is 20.2. The Labute approximate surface area is 210 Å². The van der Waals surface area contributed by atoms with Gasteiger partial charge < -0.3 is 4.42 Å². The van der Waals surface area contributed by atoms with E-state index in [4.69, 9.17) is 9.40 Å². The van der Waals surface area contributed by atoms with Crippen molar-refractivity contribution in [2.45, 2.75) is 44.6 Å². The number of sulfonamides is 1. The van der Waals surface area contributed by atoms with Gasteiger partial charge in [0.2, 0.25) is 10.0 Å². The van der Waals surface area contributed by atoms with Gasteiger partial charge >= 0.3 is 0 Å². The number of anilines is 1. The number of furan rings is 1. The normalized spacial score (nSPS) is 11.9. The molecule has 0 aliphatic heterocycles. The topological polar surface area (TPSA) is 83.7 Å². The molecule has 4 aromatic rings. The number of fused-ring (bicyclic) bond motifs is 1. The molecule has 7 nitrogen and oxygen atoms in total. The number of rotatable bonds is 10. The number of unbranched alkanes of at least 4 members (excludes halogenated alkanes) is 1. The van der Waals surface area contributed by atoms with Crippen molar-refractivity contribution in [1.29, 1.82) is 0 Å². The van der Waals surface area contributed by atoms with E-state index in [1.165, 1.54) is 27.8 Å². The quantitative estimate of drug-likeness (QED) is 0.272. The first-order valence-corrected chi connectivity index (χ1v) is 13.9. The summed E-state index contributed by atoms with van der Waals surface area (Å²) in [6, 6.07) is 15.7. The summed E-state index contributed by atoms with van der Waals surface area (Å²) in [5.74, 6) is 0.354. The van der Waals surface area contributed by atoms with Crippen LogP contribution in [-0.4, -0.2) is 37.2 Å². The third-order valence-electron chi connectivity index (χ3n) is 5.88. The van der Waals surface area contributed by atoms with Gasteiger partial charge in [-0.25, -0.2) is 17.7 Å². The van der Waals surface area contributed by atoms with E-state index in [-0.39, 0.29) is 17.3 Å². The molecule has 0 spiro atoms. The van der Waals surface area contributed by atoms with Gasteiger partial charge in [0.15, 0.2) is 5.13 Å². The van der Waals surface area contributed by atoms with Crippen molar-refractivity contribution >= 4 is 42.6 Å². The number of para-hydroxylation sites is 1. The first kappa shape index (κ1) is 25.1. The Morgan fingerprint density at radius 1 is 1.06 bits per heavy atom. The molecule has 0 radical (unpaired) electrons. The van der Waals surface area contributed by atoms with Crippen LogP contribution in [0.15, 0.2) is 70.2 Å². The number of thiazole rings is 1. The second kappa shape index (κ2) is 10.7. The zero-order valence-electron chi connectivity index (χ0n) is 20.1. The molecule has 2 aromatic heterocycles. The molecule has 0 N–H and O–H groups in total. The maximum Gasteiger partial charge on any atom is 0.260 e. The van der Waals surface area contributed by atoms with Gasteiger partial charge in [-0.2, -0.15) is 0 Å². The van der Waals surface area contributed by atoms with Crippen LogP contribution in [0.1, 0.15) is 48.4 Å². The van der Waals surface area contributed by atoms with Crippen molar-refractivity contribution in [3.63, 3.8) is 0 Å². The van der Waals surface area contributed by atoms with Crippen LogP contribution >= 0.6 is 11.3 Å². The van der Waals surface area contributed by atoms with Gasteiger partial charge in [-0.1, -0.05) is 43.7 Å². The molecule has 4 rings (SSSR count). The predicted molar refractivity (Wildman–Crippen MR) is 139 cm³/mol. The molecule has 0 fully saturated rings. The molecule has 0 bridgehead atoms. The van der Waals surface area contributed by atoms with E-state index in [1.807, 2.05) is 31.2 Å². The van der Waals surface area contributed by atoms with Crippen molar-refractivity contribution < 1.29 is 17.6 Å². The highest BCUT2D eigenvalue weighted by Crippen LogP contribution is 2.33. The van der Waals surface area contributed by atoms with Gasteiger partial charge in [-0.3, -0.25) is 9.69 Å². The lowest BCUT2D eigenvalue weighted by Crippen LogP contribution is -2.30. The number of aryl methyl sites for hydroxylation is 1. The number of amides is 1. The Morgan fingerprint density at radius 2 is 1.83 bits per heavy atom. The van der Waals surface area contributed by atoms with E-state index >= 15 is 0 Å². The smallest absolute Gasteiger partial charge is 0.260 e. The van der Waals surface area contributed by atoms with Gasteiger partial charge in [0.05, 0.1) is 27.9 Å². The molecule has 0 unspecified atom stereocenters. The number of hydrogen-bond donors (Lipinski definition) is 0. The van der Waals surface area contributed by atoms with E-state index in [9.17, 15) is 13.2 Å². The monoisotopic (exact) mass is 511 g/mol. The highest BCUT2D eigenvalue weighted by Gasteiger charge is 2.25. The van der Waals surface area contributed by atoms with Gasteiger partial charge in [-0.15, -0.1) is 0 Å². The lowest BCUT2D eigenvalue weighted by atomic mass is 10.1. The Bertz CT molecular complexity index is 1390. The largest absolute Gasteiger partial charge is 0.467 e. The van der Waals surface area contributed by atoms with Gasteiger partial charge in [-0.05, 0) is 60.9 Å². The van der Waals surface area contributed by atoms with E-state index < -0.39 is 10.0 Å². The zero-order valence-corrected chi connectivity index (χ0v) is 21.7. The fourth-order valence-electron chi connectivity index (χ4n) is 3.79. The lowest BCUT2D eigenvalue weighted by molar-refractivity contribution is 0.0983. The summed E-state index contributed by atoms with van der Waals surface area (Å²) in [6.07, 6.45) is 4.11. The molecule has 1 amide bonds. The molecular weight excluding hydrogens is 482 g/mol. The molecule has 2 heterocycles. The van der Waals surface area contributed by atoms with E-state index in [0.29, 0.717) is 23.0 Å². The van der Waals surface area contributed by atoms with Crippen LogP contribution in [0.3, 0.4) is 0 Å². The second-order valence-corrected chi connectivity index (χ2v) is 11.3. The highest BCUT2D eigenvalue weighted by molar-refractivity contribution is 7.89. The molecule has 0 atom stereocenters. The minimum absolute atomic E-state index is 0.165. The SMILES string of the molecule is CCCCN(C)S(=O)(=O)c1ccc(C(=O)N(Cc2ccco2)c2nc3c(CC)cccc3s2)cc1. The van der Waals surface area contributed by atoms with Gasteiger partial charge in [0.1, 0.15) is 5.76 Å². The summed E-state index contributed by atoms with van der Waals surface area (Å²) >= 11 is 1.45. The maximum atomic E-state index is 13.6. The number of benzene rings is 2. The van der Waals surface area contributed by atoms with E-state index in [1.54, 1.807) is 36.4 Å². The molecule has 0 saturated carbocycles. The Morgan fingerprint density at radius 3 is 2.49 bits per heavy atom. The van der Waals surface area contributed by atoms with Crippen molar-refractivity contribution in [2.75, 3.05) is 18.5 Å². The van der Waals surface area contributed by atoms with Crippen LogP contribution in [0.4, 0.5) is 5.13 Å². The van der Waals surface area contributed by atoms with Crippen LogP contribution in [0.25, 0.3) is 10.2 Å². The standard InChI is InChI=1S/C26H29N3O4S2/c1-4-6-16-28(3)35(31,32)22-14-12-20(13-15-22)25(30)29(18-21-10-8-17-33-21)26-27-24-19(5-2)9-7-11-23(24)34-26/h7-15,17H,4-6,16,18H2,1-3H3. The summed E-state index contributed by atoms with van der Waals surface area (Å²) in [5, 5.41) is 0.568. The van der Waals surface area contributed by atoms with Gasteiger partial charge in [0, 0.05) is 19.2 Å². The Hall–Kier alpha value is -3.01. The molecular formula is C26H29N3O4S2. The van der Waals surface area contributed by atoms with E-state index in [2.05, 4.69) is 6.92 Å². The van der Waals surface area contributed by atoms with Crippen LogP contribution in [0, 0.1) is 0 Å². The molecule has 0 aliphatic carbocycles. The number of nitrogens with zero attached hydrogens (tertiary/aromatic N) is 3. The van der Waals surface area contributed by atoms with Crippen LogP contribution in [-0.2, 0) is 23.0 Å². The molecule has 0 aliphatic rings. The number of aromatic nitrogens is 1. The Kier molecular flexibility index (Phi) is 7.69. The average molecular weight is 512 g/mol. The molecule has 2 aromatic carbocycles. The van der Waals surface area contributed by atoms with Crippen molar-refractivity contribution in [1.82, 2.24) is 9.29 Å². The number of carbonyl (C=O) groups is 1. The zero-order chi connectivity index (χ0) is 25.0. The van der Waals surface area contributed by atoms with Gasteiger partial charge in [0.25, 0.3) is 5.91 Å². The van der Waals surface area contributed by atoms with Crippen molar-refractivity contribution in [2.24, 2.45) is 0 Å². The van der Waals surface area contributed by atoms with Crippen LogP contribution in [0.2, 0.25) is 0 Å². The molecule has 0 saturated heterocycles. The van der Waals surface area contributed by atoms with Crippen LogP contribution in [0.5, 0.6) is 0 Å². The van der Waals surface area contributed by atoms with Crippen molar-refractivity contribution in [3.8, 4) is 0 Å². The summed E-state index contributed by atoms with van der Waals surface area (Å²) in [5.41, 5.74) is 2.39. The first-order valence-electron chi connectivity index (χ1n) is 11.6. The average Bonchev–Trinajstić information content (AvgIpc) is 3.55. The summed E-state index contributed by atoms with van der Waals surface area (Å²) < 4.78 is 33.6. The molecule has 9 heteroatoms. The van der Waals surface area contributed by atoms with Crippen LogP contribution < -0.4 is 4.90 Å². The third-order valence-corrected chi connectivity index (χ3v) is 8.79. The second-order valence-electron chi connectivity index (χ2n) is 8.29. The summed E-state index contributed by atoms with van der Waals surface area (Å²) in [7, 11) is -2.03. The van der Waals surface area contributed by atoms with Crippen molar-refractivity contribution in [3.05, 3.63) is 77.7 Å². The fraction of sp³-hybridized carbons (Fsp3) is 0.308. The Balaban J connectivity index is 1.66. The third kappa shape index (κ3) is 5.32. The number of hydrogen-bond acceptors (Lipinski definition) is 6. The lowest BCUT2D eigenvalue weighted by Gasteiger charge is -2.20. The maximum absolute atomic E-state index is 13.6. The fourth-order valence-corrected chi connectivity index (χ4v) is 6.01. The highest BCUT2D eigenvalue weighted by atomic mass is 32.2. The minimum Gasteiger partial charge on any atom is -0.467 e.